The second-order valence-electron chi connectivity index (χ2n) is 6.44. The Kier molecular flexibility index (Phi) is 5.88. The number of hydrogen-bond donors (Lipinski definition) is 2. The van der Waals surface area contributed by atoms with Gasteiger partial charge in [0.2, 0.25) is 0 Å². The molecule has 0 saturated heterocycles. The van der Waals surface area contributed by atoms with Gasteiger partial charge in [0.1, 0.15) is 5.69 Å². The first-order chi connectivity index (χ1) is 12.1. The van der Waals surface area contributed by atoms with Crippen LogP contribution < -0.4 is 5.32 Å². The van der Waals surface area contributed by atoms with Gasteiger partial charge in [0.05, 0.1) is 31.0 Å². The summed E-state index contributed by atoms with van der Waals surface area (Å²) in [5.74, 6) is 0.149. The Bertz CT molecular complexity index is 692. The van der Waals surface area contributed by atoms with Gasteiger partial charge in [-0.1, -0.05) is 6.07 Å². The molecule has 6 nitrogen and oxygen atoms in total. The van der Waals surface area contributed by atoms with E-state index in [9.17, 15) is 9.90 Å². The zero-order valence-electron chi connectivity index (χ0n) is 14.6. The number of aromatic nitrogens is 2. The molecule has 1 atom stereocenters. The highest BCUT2D eigenvalue weighted by Crippen LogP contribution is 2.39. The molecule has 7 heteroatoms. The molecule has 2 aromatic heterocycles. The van der Waals surface area contributed by atoms with Crippen molar-refractivity contribution in [3.63, 3.8) is 0 Å². The molecule has 0 aromatic carbocycles. The smallest absolute Gasteiger partial charge is 0.270 e. The number of rotatable bonds is 8. The molecule has 2 N–H and O–H groups in total. The summed E-state index contributed by atoms with van der Waals surface area (Å²) in [5, 5.41) is 19.2. The summed E-state index contributed by atoms with van der Waals surface area (Å²) in [6.45, 7) is 5.55. The standard InChI is InChI=1S/C18H25N3O3S/c1-3-24-7-6-21-15(9-12(2)20-21)18(23)19-17(13-10-14(22)11-13)16-5-4-8-25-16/h4-5,8-9,13-14,17,22H,3,6-7,10-11H2,1-2H3,(H,19,23)/t13?,14?,17-/m0/s1. The molecular weight excluding hydrogens is 338 g/mol. The highest BCUT2D eigenvalue weighted by molar-refractivity contribution is 7.10. The van der Waals surface area contributed by atoms with Crippen molar-refractivity contribution in [1.29, 1.82) is 0 Å². The number of thiophene rings is 1. The summed E-state index contributed by atoms with van der Waals surface area (Å²) in [6.07, 6.45) is 1.21. The number of hydrogen-bond acceptors (Lipinski definition) is 5. The number of nitrogens with one attached hydrogen (secondary N) is 1. The zero-order chi connectivity index (χ0) is 17.8. The van der Waals surface area contributed by atoms with Crippen molar-refractivity contribution in [2.45, 2.75) is 45.4 Å². The molecule has 0 spiro atoms. The molecule has 1 aliphatic rings. The number of aryl methyl sites for hydroxylation is 1. The minimum absolute atomic E-state index is 0.0635. The van der Waals surface area contributed by atoms with Gasteiger partial charge in [-0.15, -0.1) is 11.3 Å². The summed E-state index contributed by atoms with van der Waals surface area (Å²) in [4.78, 5) is 14.0. The van der Waals surface area contributed by atoms with Crippen LogP contribution in [0.25, 0.3) is 0 Å². The Morgan fingerprint density at radius 2 is 2.36 bits per heavy atom. The van der Waals surface area contributed by atoms with Gasteiger partial charge in [-0.3, -0.25) is 9.48 Å². The van der Waals surface area contributed by atoms with Crippen molar-refractivity contribution < 1.29 is 14.6 Å². The van der Waals surface area contributed by atoms with Crippen LogP contribution in [-0.2, 0) is 11.3 Å². The summed E-state index contributed by atoms with van der Waals surface area (Å²) in [6, 6.07) is 5.77. The first kappa shape index (κ1) is 18.1. The Labute approximate surface area is 151 Å². The first-order valence-electron chi connectivity index (χ1n) is 8.73. The lowest BCUT2D eigenvalue weighted by Gasteiger charge is -2.37. The maximum absolute atomic E-state index is 12.9. The molecule has 1 saturated carbocycles. The third-order valence-electron chi connectivity index (χ3n) is 4.54. The average Bonchev–Trinajstić information content (AvgIpc) is 3.20. The minimum Gasteiger partial charge on any atom is -0.393 e. The van der Waals surface area contributed by atoms with Gasteiger partial charge in [-0.25, -0.2) is 0 Å². The molecule has 0 unspecified atom stereocenters. The van der Waals surface area contributed by atoms with E-state index in [2.05, 4.69) is 10.4 Å². The van der Waals surface area contributed by atoms with Gasteiger partial charge >= 0.3 is 0 Å². The molecule has 1 amide bonds. The molecule has 25 heavy (non-hydrogen) atoms. The Hall–Kier alpha value is -1.70. The predicted molar refractivity (Wildman–Crippen MR) is 96.7 cm³/mol. The Morgan fingerprint density at radius 3 is 3.00 bits per heavy atom. The molecule has 0 bridgehead atoms. The number of carbonyl (C=O) groups excluding carboxylic acids is 1. The van der Waals surface area contributed by atoms with Crippen molar-refractivity contribution in [3.05, 3.63) is 39.8 Å². The van der Waals surface area contributed by atoms with Crippen LogP contribution >= 0.6 is 11.3 Å². The molecule has 2 heterocycles. The summed E-state index contributed by atoms with van der Waals surface area (Å²) in [5.41, 5.74) is 1.37. The van der Waals surface area contributed by atoms with Crippen molar-refractivity contribution in [2.75, 3.05) is 13.2 Å². The van der Waals surface area contributed by atoms with Gasteiger partial charge in [0, 0.05) is 11.5 Å². The highest BCUT2D eigenvalue weighted by Gasteiger charge is 2.36. The lowest BCUT2D eigenvalue weighted by molar-refractivity contribution is 0.0239. The van der Waals surface area contributed by atoms with E-state index in [0.29, 0.717) is 25.5 Å². The van der Waals surface area contributed by atoms with E-state index in [1.54, 1.807) is 16.0 Å². The SMILES string of the molecule is CCOCCn1nc(C)cc1C(=O)N[C@H](c1cccs1)C1CC(O)C1. The molecule has 1 aliphatic carbocycles. The van der Waals surface area contributed by atoms with E-state index in [4.69, 9.17) is 4.74 Å². The minimum atomic E-state index is -0.247. The molecule has 0 aliphatic heterocycles. The molecule has 1 fully saturated rings. The Balaban J connectivity index is 1.73. The van der Waals surface area contributed by atoms with Crippen LogP contribution in [0.3, 0.4) is 0 Å². The molecule has 2 aromatic rings. The quantitative estimate of drug-likeness (QED) is 0.707. The first-order valence-corrected chi connectivity index (χ1v) is 9.61. The predicted octanol–water partition coefficient (Wildman–Crippen LogP) is 2.53. The maximum atomic E-state index is 12.9. The van der Waals surface area contributed by atoms with Crippen molar-refractivity contribution in [3.8, 4) is 0 Å². The van der Waals surface area contributed by atoms with Crippen molar-refractivity contribution >= 4 is 17.2 Å². The van der Waals surface area contributed by atoms with Gasteiger partial charge in [-0.05, 0) is 50.1 Å². The normalized spacial score (nSPS) is 20.9. The summed E-state index contributed by atoms with van der Waals surface area (Å²) < 4.78 is 7.09. The lowest BCUT2D eigenvalue weighted by atomic mass is 9.76. The lowest BCUT2D eigenvalue weighted by Crippen LogP contribution is -2.41. The second kappa shape index (κ2) is 8.12. The fourth-order valence-corrected chi connectivity index (χ4v) is 4.07. The number of amides is 1. The third kappa shape index (κ3) is 4.29. The van der Waals surface area contributed by atoms with Crippen LogP contribution in [0.15, 0.2) is 23.6 Å². The molecule has 3 rings (SSSR count). The Morgan fingerprint density at radius 1 is 1.56 bits per heavy atom. The fourth-order valence-electron chi connectivity index (χ4n) is 3.20. The van der Waals surface area contributed by atoms with E-state index in [1.807, 2.05) is 37.4 Å². The van der Waals surface area contributed by atoms with E-state index < -0.39 is 0 Å². The highest BCUT2D eigenvalue weighted by atomic mass is 32.1. The van der Waals surface area contributed by atoms with Crippen LogP contribution in [0.2, 0.25) is 0 Å². The van der Waals surface area contributed by atoms with E-state index >= 15 is 0 Å². The van der Waals surface area contributed by atoms with Crippen molar-refractivity contribution in [2.24, 2.45) is 5.92 Å². The molecule has 0 radical (unpaired) electrons. The number of aliphatic hydroxyl groups is 1. The van der Waals surface area contributed by atoms with E-state index in [0.717, 1.165) is 23.4 Å². The van der Waals surface area contributed by atoms with Gasteiger partial charge < -0.3 is 15.2 Å². The van der Waals surface area contributed by atoms with Crippen LogP contribution in [0, 0.1) is 12.8 Å². The van der Waals surface area contributed by atoms with Crippen LogP contribution in [0.1, 0.15) is 46.9 Å². The van der Waals surface area contributed by atoms with E-state index in [1.165, 1.54) is 0 Å². The topological polar surface area (TPSA) is 76.4 Å². The second-order valence-corrected chi connectivity index (χ2v) is 7.42. The average molecular weight is 363 g/mol. The van der Waals surface area contributed by atoms with Crippen LogP contribution in [0.4, 0.5) is 0 Å². The summed E-state index contributed by atoms with van der Waals surface area (Å²) in [7, 11) is 0. The number of aliphatic hydroxyl groups excluding tert-OH is 1. The monoisotopic (exact) mass is 363 g/mol. The maximum Gasteiger partial charge on any atom is 0.270 e. The zero-order valence-corrected chi connectivity index (χ0v) is 15.5. The molecule has 136 valence electrons. The number of nitrogens with zero attached hydrogens (tertiary/aromatic N) is 2. The number of carbonyl (C=O) groups is 1. The third-order valence-corrected chi connectivity index (χ3v) is 5.50. The fraction of sp³-hybridized carbons (Fsp3) is 0.556. The molecular formula is C18H25N3O3S. The van der Waals surface area contributed by atoms with Crippen LogP contribution in [0.5, 0.6) is 0 Å². The summed E-state index contributed by atoms with van der Waals surface area (Å²) >= 11 is 1.63. The largest absolute Gasteiger partial charge is 0.393 e. The van der Waals surface area contributed by atoms with Gasteiger partial charge in [0.15, 0.2) is 0 Å². The van der Waals surface area contributed by atoms with Crippen LogP contribution in [-0.4, -0.2) is 40.1 Å². The van der Waals surface area contributed by atoms with E-state index in [-0.39, 0.29) is 24.0 Å². The number of ether oxygens (including phenoxy) is 1. The van der Waals surface area contributed by atoms with Gasteiger partial charge in [-0.2, -0.15) is 5.10 Å². The van der Waals surface area contributed by atoms with Gasteiger partial charge in [0.25, 0.3) is 5.91 Å². The van der Waals surface area contributed by atoms with Crippen molar-refractivity contribution in [1.82, 2.24) is 15.1 Å².